The molecule has 0 saturated heterocycles. The standard InChI is InChI=1S/C16H14ClNO2/c17-12-5-3-4-11(8-12)9-14(19)16-10-18-13-6-1-2-7-15(13)20-16/h1-8,16,18H,9-10H2. The number of anilines is 1. The van der Waals surface area contributed by atoms with Gasteiger partial charge in [-0.25, -0.2) is 0 Å². The Labute approximate surface area is 122 Å². The number of benzene rings is 2. The lowest BCUT2D eigenvalue weighted by Gasteiger charge is -2.26. The van der Waals surface area contributed by atoms with Crippen LogP contribution in [0.4, 0.5) is 5.69 Å². The summed E-state index contributed by atoms with van der Waals surface area (Å²) in [4.78, 5) is 12.3. The van der Waals surface area contributed by atoms with Crippen LogP contribution in [0.25, 0.3) is 0 Å². The summed E-state index contributed by atoms with van der Waals surface area (Å²) in [5.41, 5.74) is 1.84. The minimum atomic E-state index is -0.455. The molecule has 4 heteroatoms. The molecule has 1 aliphatic rings. The number of ketones is 1. The lowest BCUT2D eigenvalue weighted by Crippen LogP contribution is -2.38. The smallest absolute Gasteiger partial charge is 0.179 e. The summed E-state index contributed by atoms with van der Waals surface area (Å²) in [5, 5.41) is 3.86. The fourth-order valence-corrected chi connectivity index (χ4v) is 2.47. The van der Waals surface area contributed by atoms with Gasteiger partial charge in [0.2, 0.25) is 0 Å². The second-order valence-corrected chi connectivity index (χ2v) is 5.19. The molecule has 20 heavy (non-hydrogen) atoms. The molecular weight excluding hydrogens is 274 g/mol. The van der Waals surface area contributed by atoms with Gasteiger partial charge in [0.05, 0.1) is 12.2 Å². The first-order valence-electron chi connectivity index (χ1n) is 6.49. The molecule has 0 bridgehead atoms. The number of ether oxygens (including phenoxy) is 1. The van der Waals surface area contributed by atoms with Gasteiger partial charge in [0.25, 0.3) is 0 Å². The summed E-state index contributed by atoms with van der Waals surface area (Å²) < 4.78 is 5.75. The maximum Gasteiger partial charge on any atom is 0.179 e. The highest BCUT2D eigenvalue weighted by Crippen LogP contribution is 2.28. The molecule has 1 N–H and O–H groups in total. The zero-order valence-electron chi connectivity index (χ0n) is 10.8. The maximum absolute atomic E-state index is 12.3. The fraction of sp³-hybridized carbons (Fsp3) is 0.188. The first-order valence-corrected chi connectivity index (χ1v) is 6.87. The summed E-state index contributed by atoms with van der Waals surface area (Å²) in [6.07, 6.45) is -0.126. The van der Waals surface area contributed by atoms with Crippen LogP contribution in [0.3, 0.4) is 0 Å². The Balaban J connectivity index is 1.70. The average molecular weight is 288 g/mol. The van der Waals surface area contributed by atoms with E-state index in [1.54, 1.807) is 6.07 Å². The van der Waals surface area contributed by atoms with Gasteiger partial charge in [-0.15, -0.1) is 0 Å². The highest BCUT2D eigenvalue weighted by Gasteiger charge is 2.25. The predicted molar refractivity (Wildman–Crippen MR) is 79.5 cm³/mol. The van der Waals surface area contributed by atoms with Gasteiger partial charge in [0.1, 0.15) is 5.75 Å². The Bertz CT molecular complexity index is 642. The molecule has 1 aliphatic heterocycles. The molecule has 3 nitrogen and oxygen atoms in total. The molecule has 0 amide bonds. The Morgan fingerprint density at radius 1 is 1.25 bits per heavy atom. The predicted octanol–water partition coefficient (Wildman–Crippen LogP) is 3.32. The van der Waals surface area contributed by atoms with Crippen molar-refractivity contribution < 1.29 is 9.53 Å². The molecule has 0 fully saturated rings. The molecule has 0 spiro atoms. The summed E-state index contributed by atoms with van der Waals surface area (Å²) in [7, 11) is 0. The summed E-state index contributed by atoms with van der Waals surface area (Å²) in [6, 6.07) is 15.0. The van der Waals surface area contributed by atoms with E-state index in [0.717, 1.165) is 17.0 Å². The Hall–Kier alpha value is -2.00. The Morgan fingerprint density at radius 3 is 2.95 bits per heavy atom. The van der Waals surface area contributed by atoms with Crippen molar-refractivity contribution in [3.63, 3.8) is 0 Å². The summed E-state index contributed by atoms with van der Waals surface area (Å²) in [5.74, 6) is 0.775. The maximum atomic E-state index is 12.3. The SMILES string of the molecule is O=C(Cc1cccc(Cl)c1)C1CNc2ccccc2O1. The second kappa shape index (κ2) is 5.55. The van der Waals surface area contributed by atoms with E-state index in [0.29, 0.717) is 18.0 Å². The minimum Gasteiger partial charge on any atom is -0.479 e. The quantitative estimate of drug-likeness (QED) is 0.941. The monoisotopic (exact) mass is 287 g/mol. The third kappa shape index (κ3) is 2.78. The van der Waals surface area contributed by atoms with Gasteiger partial charge in [-0.05, 0) is 29.8 Å². The van der Waals surface area contributed by atoms with E-state index < -0.39 is 6.10 Å². The molecule has 0 saturated carbocycles. The normalized spacial score (nSPS) is 16.8. The largest absolute Gasteiger partial charge is 0.479 e. The van der Waals surface area contributed by atoms with E-state index in [4.69, 9.17) is 16.3 Å². The highest BCUT2D eigenvalue weighted by atomic mass is 35.5. The van der Waals surface area contributed by atoms with Crippen LogP contribution < -0.4 is 10.1 Å². The van der Waals surface area contributed by atoms with Crippen LogP contribution in [-0.4, -0.2) is 18.4 Å². The molecular formula is C16H14ClNO2. The van der Waals surface area contributed by atoms with Gasteiger partial charge in [-0.1, -0.05) is 35.9 Å². The number of hydrogen-bond acceptors (Lipinski definition) is 3. The van der Waals surface area contributed by atoms with Crippen molar-refractivity contribution in [3.05, 3.63) is 59.1 Å². The van der Waals surface area contributed by atoms with E-state index in [1.807, 2.05) is 42.5 Å². The molecule has 1 unspecified atom stereocenters. The molecule has 1 atom stereocenters. The first kappa shape index (κ1) is 13.0. The third-order valence-corrected chi connectivity index (χ3v) is 3.50. The summed E-state index contributed by atoms with van der Waals surface area (Å²) in [6.45, 7) is 0.496. The van der Waals surface area contributed by atoms with Gasteiger partial charge in [0.15, 0.2) is 11.9 Å². The average Bonchev–Trinajstić information content (AvgIpc) is 2.47. The van der Waals surface area contributed by atoms with Crippen molar-refractivity contribution >= 4 is 23.1 Å². The molecule has 2 aromatic rings. The molecule has 102 valence electrons. The third-order valence-electron chi connectivity index (χ3n) is 3.26. The van der Waals surface area contributed by atoms with Crippen molar-refractivity contribution in [1.82, 2.24) is 0 Å². The number of halogens is 1. The molecule has 1 heterocycles. The number of nitrogens with one attached hydrogen (secondary N) is 1. The van der Waals surface area contributed by atoms with E-state index in [-0.39, 0.29) is 5.78 Å². The number of carbonyl (C=O) groups is 1. The molecule has 0 radical (unpaired) electrons. The minimum absolute atomic E-state index is 0.0502. The van der Waals surface area contributed by atoms with Gasteiger partial charge in [0, 0.05) is 11.4 Å². The lowest BCUT2D eigenvalue weighted by molar-refractivity contribution is -0.124. The van der Waals surface area contributed by atoms with E-state index in [2.05, 4.69) is 5.32 Å². The number of para-hydroxylation sites is 2. The summed E-state index contributed by atoms with van der Waals surface area (Å²) >= 11 is 5.93. The van der Waals surface area contributed by atoms with Crippen molar-refractivity contribution in [2.75, 3.05) is 11.9 Å². The highest BCUT2D eigenvalue weighted by molar-refractivity contribution is 6.30. The number of rotatable bonds is 3. The number of Topliss-reactive ketones (excluding diaryl/α,β-unsaturated/α-hetero) is 1. The topological polar surface area (TPSA) is 38.3 Å². The number of hydrogen-bond donors (Lipinski definition) is 1. The van der Waals surface area contributed by atoms with E-state index in [9.17, 15) is 4.79 Å². The van der Waals surface area contributed by atoms with Crippen LogP contribution in [0.1, 0.15) is 5.56 Å². The van der Waals surface area contributed by atoms with Crippen LogP contribution >= 0.6 is 11.6 Å². The van der Waals surface area contributed by atoms with Crippen LogP contribution in [0.2, 0.25) is 5.02 Å². The zero-order valence-corrected chi connectivity index (χ0v) is 11.6. The van der Waals surface area contributed by atoms with Crippen LogP contribution in [-0.2, 0) is 11.2 Å². The van der Waals surface area contributed by atoms with E-state index in [1.165, 1.54) is 0 Å². The second-order valence-electron chi connectivity index (χ2n) is 4.76. The zero-order chi connectivity index (χ0) is 13.9. The van der Waals surface area contributed by atoms with Crippen LogP contribution in [0.15, 0.2) is 48.5 Å². The fourth-order valence-electron chi connectivity index (χ4n) is 2.25. The number of fused-ring (bicyclic) bond motifs is 1. The van der Waals surface area contributed by atoms with Crippen LogP contribution in [0, 0.1) is 0 Å². The lowest BCUT2D eigenvalue weighted by atomic mass is 10.0. The van der Waals surface area contributed by atoms with E-state index >= 15 is 0 Å². The van der Waals surface area contributed by atoms with Gasteiger partial charge >= 0.3 is 0 Å². The number of carbonyl (C=O) groups excluding carboxylic acids is 1. The molecule has 2 aromatic carbocycles. The van der Waals surface area contributed by atoms with Crippen molar-refractivity contribution in [2.45, 2.75) is 12.5 Å². The molecule has 0 aromatic heterocycles. The van der Waals surface area contributed by atoms with Gasteiger partial charge < -0.3 is 10.1 Å². The van der Waals surface area contributed by atoms with Crippen LogP contribution in [0.5, 0.6) is 5.75 Å². The van der Waals surface area contributed by atoms with Crippen molar-refractivity contribution in [2.24, 2.45) is 0 Å². The Kier molecular flexibility index (Phi) is 3.61. The molecule has 0 aliphatic carbocycles. The van der Waals surface area contributed by atoms with Crippen molar-refractivity contribution in [3.8, 4) is 5.75 Å². The molecule has 3 rings (SSSR count). The first-order chi connectivity index (χ1) is 9.72. The Morgan fingerprint density at radius 2 is 2.10 bits per heavy atom. The van der Waals surface area contributed by atoms with Gasteiger partial charge in [-0.3, -0.25) is 4.79 Å². The van der Waals surface area contributed by atoms with Crippen molar-refractivity contribution in [1.29, 1.82) is 0 Å². The van der Waals surface area contributed by atoms with Gasteiger partial charge in [-0.2, -0.15) is 0 Å².